The molecule has 0 saturated heterocycles. The maximum absolute atomic E-state index is 11.8. The zero-order chi connectivity index (χ0) is 11.4. The van der Waals surface area contributed by atoms with Crippen molar-refractivity contribution >= 4 is 17.4 Å². The minimum absolute atomic E-state index is 0.164. The fraction of sp³-hybridized carbons (Fsp3) is 0.250. The van der Waals surface area contributed by atoms with E-state index in [4.69, 9.17) is 0 Å². The highest BCUT2D eigenvalue weighted by molar-refractivity contribution is 6.43. The number of anilines is 1. The Kier molecular flexibility index (Phi) is 3.10. The van der Waals surface area contributed by atoms with E-state index >= 15 is 0 Å². The number of aryl methyl sites for hydroxylation is 1. The Hall–Kier alpha value is -1.97. The first-order valence-electron chi connectivity index (χ1n) is 5.19. The number of amides is 1. The molecule has 1 amide bonds. The molecule has 1 N–H and O–H groups in total. The molecule has 0 radical (unpaired) electrons. The first-order chi connectivity index (χ1) is 7.75. The van der Waals surface area contributed by atoms with E-state index in [1.54, 1.807) is 6.07 Å². The number of allylic oxidation sites excluding steroid dienone is 1. The van der Waals surface area contributed by atoms with Crippen LogP contribution in [0, 0.1) is 6.92 Å². The lowest BCUT2D eigenvalue weighted by Crippen LogP contribution is -2.24. The van der Waals surface area contributed by atoms with Gasteiger partial charge < -0.3 is 5.32 Å². The molecule has 0 spiro atoms. The molecule has 0 saturated carbocycles. The van der Waals surface area contributed by atoms with Crippen LogP contribution in [0.1, 0.15) is 12.1 Å². The summed E-state index contributed by atoms with van der Waals surface area (Å²) in [6.07, 6.45) is 4.49. The number of rotatable bonds is 2. The average Bonchev–Trinajstić information content (AvgIpc) is 2.30. The molecule has 0 aromatic carbocycles. The molecule has 1 aromatic rings. The van der Waals surface area contributed by atoms with Gasteiger partial charge in [0, 0.05) is 12.1 Å². The average molecular weight is 215 g/mol. The molecule has 4 nitrogen and oxygen atoms in total. The summed E-state index contributed by atoms with van der Waals surface area (Å²) in [5.41, 5.74) is 1.44. The van der Waals surface area contributed by atoms with Gasteiger partial charge in [-0.1, -0.05) is 18.2 Å². The molecular weight excluding hydrogens is 202 g/mol. The number of carbonyl (C=O) groups excluding carboxylic acids is 1. The second-order valence-corrected chi connectivity index (χ2v) is 3.58. The molecule has 16 heavy (non-hydrogen) atoms. The number of aliphatic imine (C=N–C) groups is 1. The number of carbonyl (C=O) groups is 1. The number of hydrogen-bond donors (Lipinski definition) is 1. The highest BCUT2D eigenvalue weighted by Crippen LogP contribution is 2.06. The smallest absolute Gasteiger partial charge is 0.271 e. The van der Waals surface area contributed by atoms with Gasteiger partial charge in [0.25, 0.3) is 5.91 Å². The summed E-state index contributed by atoms with van der Waals surface area (Å²) in [6.45, 7) is 2.47. The lowest BCUT2D eigenvalue weighted by atomic mass is 10.2. The summed E-state index contributed by atoms with van der Waals surface area (Å²) >= 11 is 0. The Balaban J connectivity index is 2.05. The minimum Gasteiger partial charge on any atom is -0.306 e. The first-order valence-corrected chi connectivity index (χ1v) is 5.19. The van der Waals surface area contributed by atoms with Crippen LogP contribution in [0.25, 0.3) is 0 Å². The van der Waals surface area contributed by atoms with Gasteiger partial charge in [0.2, 0.25) is 0 Å². The molecule has 0 bridgehead atoms. The Morgan fingerprint density at radius 1 is 1.38 bits per heavy atom. The van der Waals surface area contributed by atoms with Gasteiger partial charge in [0.1, 0.15) is 11.5 Å². The van der Waals surface area contributed by atoms with E-state index in [2.05, 4.69) is 15.3 Å². The number of nitrogens with one attached hydrogen (secondary N) is 1. The van der Waals surface area contributed by atoms with Gasteiger partial charge in [0.05, 0.1) is 6.54 Å². The van der Waals surface area contributed by atoms with Crippen molar-refractivity contribution in [3.05, 3.63) is 36.0 Å². The normalized spacial score (nSPS) is 14.4. The van der Waals surface area contributed by atoms with Crippen LogP contribution in [0.3, 0.4) is 0 Å². The van der Waals surface area contributed by atoms with E-state index in [1.165, 1.54) is 0 Å². The maximum Gasteiger partial charge on any atom is 0.271 e. The summed E-state index contributed by atoms with van der Waals surface area (Å²) in [4.78, 5) is 20.1. The van der Waals surface area contributed by atoms with Crippen molar-refractivity contribution in [2.75, 3.05) is 11.9 Å². The van der Waals surface area contributed by atoms with Crippen molar-refractivity contribution < 1.29 is 4.79 Å². The van der Waals surface area contributed by atoms with Gasteiger partial charge in [-0.25, -0.2) is 4.98 Å². The molecule has 1 aliphatic heterocycles. The molecule has 1 aromatic heterocycles. The third-order valence-electron chi connectivity index (χ3n) is 2.26. The van der Waals surface area contributed by atoms with Crippen molar-refractivity contribution in [2.45, 2.75) is 13.3 Å². The van der Waals surface area contributed by atoms with Crippen LogP contribution >= 0.6 is 0 Å². The van der Waals surface area contributed by atoms with Crippen molar-refractivity contribution in [3.8, 4) is 0 Å². The molecular formula is C12H13N3O. The first kappa shape index (κ1) is 10.5. The molecule has 2 rings (SSSR count). The summed E-state index contributed by atoms with van der Waals surface area (Å²) in [5.74, 6) is 0.407. The topological polar surface area (TPSA) is 54.4 Å². The number of dihydropyridines is 1. The SMILES string of the molecule is Cc1cccc(NC(=O)C2=NCC=CC2)n1. The number of hydrogen-bond acceptors (Lipinski definition) is 3. The van der Waals surface area contributed by atoms with Gasteiger partial charge in [-0.15, -0.1) is 0 Å². The van der Waals surface area contributed by atoms with Gasteiger partial charge in [-0.2, -0.15) is 0 Å². The van der Waals surface area contributed by atoms with E-state index in [-0.39, 0.29) is 5.91 Å². The van der Waals surface area contributed by atoms with Crippen molar-refractivity contribution in [1.29, 1.82) is 0 Å². The van der Waals surface area contributed by atoms with E-state index in [0.717, 1.165) is 5.69 Å². The number of nitrogens with zero attached hydrogens (tertiary/aromatic N) is 2. The van der Waals surface area contributed by atoms with Gasteiger partial charge in [-0.05, 0) is 19.1 Å². The Bertz CT molecular complexity index is 463. The van der Waals surface area contributed by atoms with Crippen molar-refractivity contribution in [1.82, 2.24) is 4.98 Å². The van der Waals surface area contributed by atoms with E-state index in [1.807, 2.05) is 31.2 Å². The standard InChI is InChI=1S/C12H13N3O/c1-9-5-4-7-11(14-9)15-12(16)10-6-2-3-8-13-10/h2-5,7H,6,8H2,1H3,(H,14,15,16). The lowest BCUT2D eigenvalue weighted by Gasteiger charge is -2.08. The second kappa shape index (κ2) is 4.70. The fourth-order valence-electron chi connectivity index (χ4n) is 1.46. The van der Waals surface area contributed by atoms with E-state index in [0.29, 0.717) is 24.5 Å². The fourth-order valence-corrected chi connectivity index (χ4v) is 1.46. The van der Waals surface area contributed by atoms with Crippen LogP contribution in [0.15, 0.2) is 35.3 Å². The molecule has 82 valence electrons. The van der Waals surface area contributed by atoms with Gasteiger partial charge >= 0.3 is 0 Å². The highest BCUT2D eigenvalue weighted by Gasteiger charge is 2.11. The predicted molar refractivity (Wildman–Crippen MR) is 63.7 cm³/mol. The van der Waals surface area contributed by atoms with E-state index < -0.39 is 0 Å². The van der Waals surface area contributed by atoms with E-state index in [9.17, 15) is 4.79 Å². The second-order valence-electron chi connectivity index (χ2n) is 3.58. The quantitative estimate of drug-likeness (QED) is 0.764. The zero-order valence-corrected chi connectivity index (χ0v) is 9.10. The summed E-state index contributed by atoms with van der Waals surface area (Å²) in [5, 5.41) is 2.74. The van der Waals surface area contributed by atoms with Crippen LogP contribution < -0.4 is 5.32 Å². The summed E-state index contributed by atoms with van der Waals surface area (Å²) in [6, 6.07) is 5.52. The third kappa shape index (κ3) is 2.53. The van der Waals surface area contributed by atoms with Gasteiger partial charge in [-0.3, -0.25) is 9.79 Å². The Labute approximate surface area is 94.1 Å². The molecule has 2 heterocycles. The Morgan fingerprint density at radius 3 is 2.94 bits per heavy atom. The van der Waals surface area contributed by atoms with Crippen LogP contribution in [-0.4, -0.2) is 23.1 Å². The van der Waals surface area contributed by atoms with Crippen molar-refractivity contribution in [2.24, 2.45) is 4.99 Å². The van der Waals surface area contributed by atoms with Crippen LogP contribution in [0.5, 0.6) is 0 Å². The molecule has 0 fully saturated rings. The molecule has 0 aliphatic carbocycles. The molecule has 4 heteroatoms. The van der Waals surface area contributed by atoms with Crippen LogP contribution in [0.2, 0.25) is 0 Å². The zero-order valence-electron chi connectivity index (χ0n) is 9.10. The van der Waals surface area contributed by atoms with Crippen LogP contribution in [0.4, 0.5) is 5.82 Å². The van der Waals surface area contributed by atoms with Crippen LogP contribution in [-0.2, 0) is 4.79 Å². The van der Waals surface area contributed by atoms with Crippen molar-refractivity contribution in [3.63, 3.8) is 0 Å². The number of pyridine rings is 1. The third-order valence-corrected chi connectivity index (χ3v) is 2.26. The van der Waals surface area contributed by atoms with Gasteiger partial charge in [0.15, 0.2) is 0 Å². The lowest BCUT2D eigenvalue weighted by molar-refractivity contribution is -0.110. The highest BCUT2D eigenvalue weighted by atomic mass is 16.1. The minimum atomic E-state index is -0.164. The number of aromatic nitrogens is 1. The molecule has 0 unspecified atom stereocenters. The molecule has 1 aliphatic rings. The summed E-state index contributed by atoms with van der Waals surface area (Å²) in [7, 11) is 0. The Morgan fingerprint density at radius 2 is 2.25 bits per heavy atom. The predicted octanol–water partition coefficient (Wildman–Crippen LogP) is 1.73. The summed E-state index contributed by atoms with van der Waals surface area (Å²) < 4.78 is 0. The largest absolute Gasteiger partial charge is 0.306 e. The monoisotopic (exact) mass is 215 g/mol. The molecule has 0 atom stereocenters. The maximum atomic E-state index is 11.8.